The first kappa shape index (κ1) is 16.8. The Kier molecular flexibility index (Phi) is 5.60. The van der Waals surface area contributed by atoms with Gasteiger partial charge in [-0.15, -0.1) is 0 Å². The van der Waals surface area contributed by atoms with Crippen LogP contribution in [0.4, 0.5) is 0 Å². The van der Waals surface area contributed by atoms with Gasteiger partial charge in [0, 0.05) is 5.02 Å². The Morgan fingerprint density at radius 3 is 2.43 bits per heavy atom. The van der Waals surface area contributed by atoms with E-state index in [0.717, 1.165) is 0 Å². The van der Waals surface area contributed by atoms with Gasteiger partial charge in [0.1, 0.15) is 11.8 Å². The number of nitrogens with two attached hydrogens (primary N) is 1. The van der Waals surface area contributed by atoms with Gasteiger partial charge in [0.2, 0.25) is 5.91 Å². The molecule has 0 aromatic heterocycles. The molecule has 5 nitrogen and oxygen atoms in total. The largest absolute Gasteiger partial charge is 0.481 e. The maximum atomic E-state index is 12.2. The van der Waals surface area contributed by atoms with Crippen molar-refractivity contribution in [1.82, 2.24) is 5.32 Å². The topological polar surface area (TPSA) is 81.4 Å². The standard InChI is InChI=1S/C17H17ClN2O3/c1-11(23-14-9-5-8-13(18)10-14)17(22)20-15(16(19)21)12-6-3-2-4-7-12/h2-11,15H,1H3,(H2,19,21)(H,20,22)/t11-,15-/m1/s1. The molecule has 0 fully saturated rings. The molecule has 2 amide bonds. The van der Waals surface area contributed by atoms with E-state index in [1.54, 1.807) is 55.5 Å². The molecule has 0 aliphatic carbocycles. The minimum Gasteiger partial charge on any atom is -0.481 e. The smallest absolute Gasteiger partial charge is 0.261 e. The lowest BCUT2D eigenvalue weighted by atomic mass is 10.1. The van der Waals surface area contributed by atoms with Crippen molar-refractivity contribution in [3.63, 3.8) is 0 Å². The van der Waals surface area contributed by atoms with Crippen LogP contribution >= 0.6 is 11.6 Å². The second kappa shape index (κ2) is 7.65. The SMILES string of the molecule is C[C@@H](Oc1cccc(Cl)c1)C(=O)N[C@@H](C(N)=O)c1ccccc1. The molecule has 0 spiro atoms. The van der Waals surface area contributed by atoms with E-state index in [2.05, 4.69) is 5.32 Å². The molecule has 3 N–H and O–H groups in total. The van der Waals surface area contributed by atoms with Crippen LogP contribution in [0.15, 0.2) is 54.6 Å². The number of hydrogen-bond donors (Lipinski definition) is 2. The van der Waals surface area contributed by atoms with Gasteiger partial charge in [-0.2, -0.15) is 0 Å². The second-order valence-electron chi connectivity index (χ2n) is 4.97. The van der Waals surface area contributed by atoms with E-state index < -0.39 is 24.0 Å². The van der Waals surface area contributed by atoms with E-state index in [4.69, 9.17) is 22.1 Å². The number of carbonyl (C=O) groups is 2. The summed E-state index contributed by atoms with van der Waals surface area (Å²) in [7, 11) is 0. The number of ether oxygens (including phenoxy) is 1. The van der Waals surface area contributed by atoms with Crippen LogP contribution in [-0.2, 0) is 9.59 Å². The van der Waals surface area contributed by atoms with Gasteiger partial charge in [-0.3, -0.25) is 9.59 Å². The third-order valence-electron chi connectivity index (χ3n) is 3.18. The van der Waals surface area contributed by atoms with Gasteiger partial charge in [0.05, 0.1) is 0 Å². The summed E-state index contributed by atoms with van der Waals surface area (Å²) in [5.74, 6) is -0.618. The van der Waals surface area contributed by atoms with Crippen molar-refractivity contribution in [1.29, 1.82) is 0 Å². The monoisotopic (exact) mass is 332 g/mol. The number of benzene rings is 2. The highest BCUT2D eigenvalue weighted by atomic mass is 35.5. The van der Waals surface area contributed by atoms with E-state index in [0.29, 0.717) is 16.3 Å². The van der Waals surface area contributed by atoms with Crippen molar-refractivity contribution in [3.05, 3.63) is 65.2 Å². The Labute approximate surface area is 139 Å². The first-order valence-corrected chi connectivity index (χ1v) is 7.42. The zero-order valence-corrected chi connectivity index (χ0v) is 13.3. The van der Waals surface area contributed by atoms with Crippen molar-refractivity contribution in [2.24, 2.45) is 5.73 Å². The molecule has 2 rings (SSSR count). The molecule has 0 unspecified atom stereocenters. The van der Waals surface area contributed by atoms with Crippen LogP contribution in [-0.4, -0.2) is 17.9 Å². The summed E-state index contributed by atoms with van der Waals surface area (Å²) in [5.41, 5.74) is 5.99. The summed E-state index contributed by atoms with van der Waals surface area (Å²) in [6, 6.07) is 14.6. The third-order valence-corrected chi connectivity index (χ3v) is 3.42. The molecule has 0 saturated carbocycles. The molecule has 2 aromatic rings. The van der Waals surface area contributed by atoms with Gasteiger partial charge in [0.25, 0.3) is 5.91 Å². The number of hydrogen-bond acceptors (Lipinski definition) is 3. The minimum atomic E-state index is -0.908. The lowest BCUT2D eigenvalue weighted by molar-refractivity contribution is -0.131. The van der Waals surface area contributed by atoms with Crippen molar-refractivity contribution < 1.29 is 14.3 Å². The molecule has 6 heteroatoms. The molecule has 0 radical (unpaired) electrons. The Bertz CT molecular complexity index is 691. The normalized spacial score (nSPS) is 13.0. The second-order valence-corrected chi connectivity index (χ2v) is 5.41. The van der Waals surface area contributed by atoms with Crippen molar-refractivity contribution in [2.45, 2.75) is 19.1 Å². The van der Waals surface area contributed by atoms with Crippen molar-refractivity contribution in [3.8, 4) is 5.75 Å². The molecule has 0 aliphatic rings. The van der Waals surface area contributed by atoms with Crippen LogP contribution in [0.5, 0.6) is 5.75 Å². The van der Waals surface area contributed by atoms with Gasteiger partial charge in [-0.1, -0.05) is 48.0 Å². The van der Waals surface area contributed by atoms with E-state index in [9.17, 15) is 9.59 Å². The number of halogens is 1. The van der Waals surface area contributed by atoms with Crippen LogP contribution in [0.1, 0.15) is 18.5 Å². The molecular weight excluding hydrogens is 316 g/mol. The summed E-state index contributed by atoms with van der Waals surface area (Å²) in [4.78, 5) is 23.9. The first-order valence-electron chi connectivity index (χ1n) is 7.04. The lowest BCUT2D eigenvalue weighted by Gasteiger charge is -2.20. The van der Waals surface area contributed by atoms with Crippen LogP contribution in [0, 0.1) is 0 Å². The molecule has 0 bridgehead atoms. The average molecular weight is 333 g/mol. The van der Waals surface area contributed by atoms with E-state index >= 15 is 0 Å². The number of primary amides is 1. The molecule has 120 valence electrons. The molecule has 2 aromatic carbocycles. The summed E-state index contributed by atoms with van der Waals surface area (Å²) in [6.07, 6.45) is -0.806. The fraction of sp³-hybridized carbons (Fsp3) is 0.176. The van der Waals surface area contributed by atoms with Gasteiger partial charge in [0.15, 0.2) is 6.10 Å². The highest BCUT2D eigenvalue weighted by Gasteiger charge is 2.24. The van der Waals surface area contributed by atoms with Gasteiger partial charge < -0.3 is 15.8 Å². The Hall–Kier alpha value is -2.53. The molecular formula is C17H17ClN2O3. The van der Waals surface area contributed by atoms with Crippen LogP contribution in [0.3, 0.4) is 0 Å². The highest BCUT2D eigenvalue weighted by molar-refractivity contribution is 6.30. The number of rotatable bonds is 6. The van der Waals surface area contributed by atoms with Crippen LogP contribution in [0.25, 0.3) is 0 Å². The molecule has 0 aliphatic heterocycles. The summed E-state index contributed by atoms with van der Waals surface area (Å²) in [6.45, 7) is 1.58. The van der Waals surface area contributed by atoms with Gasteiger partial charge >= 0.3 is 0 Å². The summed E-state index contributed by atoms with van der Waals surface area (Å²) < 4.78 is 5.52. The Balaban J connectivity index is 2.05. The van der Waals surface area contributed by atoms with Crippen LogP contribution in [0.2, 0.25) is 5.02 Å². The Morgan fingerprint density at radius 2 is 1.83 bits per heavy atom. The van der Waals surface area contributed by atoms with E-state index in [1.165, 1.54) is 0 Å². The number of carbonyl (C=O) groups excluding carboxylic acids is 2. The quantitative estimate of drug-likeness (QED) is 0.852. The van der Waals surface area contributed by atoms with E-state index in [1.807, 2.05) is 6.07 Å². The maximum Gasteiger partial charge on any atom is 0.261 e. The molecule has 0 heterocycles. The average Bonchev–Trinajstić information content (AvgIpc) is 2.52. The summed E-state index contributed by atoms with van der Waals surface area (Å²) >= 11 is 5.87. The molecule has 2 atom stereocenters. The van der Waals surface area contributed by atoms with Crippen molar-refractivity contribution >= 4 is 23.4 Å². The van der Waals surface area contributed by atoms with Crippen molar-refractivity contribution in [2.75, 3.05) is 0 Å². The zero-order chi connectivity index (χ0) is 16.8. The lowest BCUT2D eigenvalue weighted by Crippen LogP contribution is -2.43. The maximum absolute atomic E-state index is 12.2. The minimum absolute atomic E-state index is 0.447. The molecule has 23 heavy (non-hydrogen) atoms. The highest BCUT2D eigenvalue weighted by Crippen LogP contribution is 2.19. The first-order chi connectivity index (χ1) is 11.0. The fourth-order valence-corrected chi connectivity index (χ4v) is 2.20. The predicted molar refractivity (Wildman–Crippen MR) is 88.1 cm³/mol. The third kappa shape index (κ3) is 4.72. The number of amides is 2. The van der Waals surface area contributed by atoms with Crippen LogP contribution < -0.4 is 15.8 Å². The Morgan fingerprint density at radius 1 is 1.13 bits per heavy atom. The molecule has 0 saturated heterocycles. The fourth-order valence-electron chi connectivity index (χ4n) is 2.02. The van der Waals surface area contributed by atoms with Gasteiger partial charge in [-0.05, 0) is 30.7 Å². The predicted octanol–water partition coefficient (Wildman–Crippen LogP) is 2.45. The van der Waals surface area contributed by atoms with E-state index in [-0.39, 0.29) is 0 Å². The number of nitrogens with one attached hydrogen (secondary N) is 1. The van der Waals surface area contributed by atoms with Gasteiger partial charge in [-0.25, -0.2) is 0 Å². The summed E-state index contributed by atoms with van der Waals surface area (Å²) in [5, 5.41) is 3.10. The zero-order valence-electron chi connectivity index (χ0n) is 12.5.